The summed E-state index contributed by atoms with van der Waals surface area (Å²) in [5, 5.41) is 10.1. The van der Waals surface area contributed by atoms with Gasteiger partial charge in [0, 0.05) is 16.0 Å². The van der Waals surface area contributed by atoms with Crippen molar-refractivity contribution in [2.75, 3.05) is 6.26 Å². The molecular formula is C19H17ClFNO2S. The van der Waals surface area contributed by atoms with Gasteiger partial charge in [0.15, 0.2) is 0 Å². The van der Waals surface area contributed by atoms with Gasteiger partial charge >= 0.3 is 5.97 Å². The first-order chi connectivity index (χ1) is 12.0. The fourth-order valence-corrected chi connectivity index (χ4v) is 4.34. The molecule has 0 aliphatic carbocycles. The molecule has 0 aliphatic rings. The number of aryl methyl sites for hydroxylation is 1. The molecule has 3 aromatic rings. The van der Waals surface area contributed by atoms with Gasteiger partial charge in [-0.15, -0.1) is 11.8 Å². The zero-order chi connectivity index (χ0) is 18.1. The predicted molar refractivity (Wildman–Crippen MR) is 100 cm³/mol. The molecule has 1 unspecified atom stereocenters. The number of hydrogen-bond donors (Lipinski definition) is 1. The molecular weight excluding hydrogens is 361 g/mol. The summed E-state index contributed by atoms with van der Waals surface area (Å²) >= 11 is 8.14. The van der Waals surface area contributed by atoms with E-state index in [9.17, 15) is 14.3 Å². The molecule has 0 amide bonds. The van der Waals surface area contributed by atoms with Crippen LogP contribution in [0.3, 0.4) is 0 Å². The average Bonchev–Trinajstić information content (AvgIpc) is 2.91. The van der Waals surface area contributed by atoms with Crippen LogP contribution >= 0.6 is 23.4 Å². The van der Waals surface area contributed by atoms with Crippen LogP contribution in [-0.4, -0.2) is 21.9 Å². The van der Waals surface area contributed by atoms with E-state index in [1.807, 2.05) is 36.6 Å². The van der Waals surface area contributed by atoms with Crippen LogP contribution in [0, 0.1) is 12.7 Å². The van der Waals surface area contributed by atoms with Gasteiger partial charge in [0.1, 0.15) is 11.3 Å². The number of carboxylic acid groups (broad SMARTS) is 1. The third kappa shape index (κ3) is 3.14. The Hall–Kier alpha value is -1.98. The highest BCUT2D eigenvalue weighted by Crippen LogP contribution is 2.40. The van der Waals surface area contributed by atoms with Gasteiger partial charge in [0.05, 0.1) is 11.9 Å². The quantitative estimate of drug-likeness (QED) is 0.489. The molecule has 0 saturated heterocycles. The number of benzene rings is 2. The van der Waals surface area contributed by atoms with E-state index in [1.165, 1.54) is 17.8 Å². The first-order valence-corrected chi connectivity index (χ1v) is 9.38. The summed E-state index contributed by atoms with van der Waals surface area (Å²) in [6.07, 6.45) is 1.68. The molecule has 6 heteroatoms. The predicted octanol–water partition coefficient (Wildman–Crippen LogP) is 5.22. The van der Waals surface area contributed by atoms with Gasteiger partial charge in [0.2, 0.25) is 0 Å². The molecule has 1 atom stereocenters. The third-order valence-electron chi connectivity index (χ3n) is 4.24. The topological polar surface area (TPSA) is 42.2 Å². The molecule has 1 aromatic heterocycles. The zero-order valence-electron chi connectivity index (χ0n) is 13.8. The number of carbonyl (C=O) groups is 1. The van der Waals surface area contributed by atoms with Crippen molar-refractivity contribution < 1.29 is 14.3 Å². The molecule has 3 rings (SSSR count). The second-order valence-corrected chi connectivity index (χ2v) is 6.96. The van der Waals surface area contributed by atoms with Gasteiger partial charge in [0.25, 0.3) is 0 Å². The SMILES string of the molecule is CSc1c(CC(=O)O)n(C(Cl)c2ccccc2)c2ccc(F)c(C)c12. The maximum atomic E-state index is 14.1. The van der Waals surface area contributed by atoms with Crippen molar-refractivity contribution in [2.45, 2.75) is 23.7 Å². The van der Waals surface area contributed by atoms with Crippen LogP contribution in [-0.2, 0) is 11.2 Å². The standard InChI is InChI=1S/C19H17ClFNO2S/c1-11-13(21)8-9-14-17(11)18(25-2)15(10-16(23)24)22(14)19(20)12-6-4-3-5-7-12/h3-9,19H,10H2,1-2H3,(H,23,24). The van der Waals surface area contributed by atoms with E-state index in [1.54, 1.807) is 17.6 Å². The molecule has 0 aliphatic heterocycles. The zero-order valence-corrected chi connectivity index (χ0v) is 15.4. The van der Waals surface area contributed by atoms with Crippen LogP contribution in [0.15, 0.2) is 47.4 Å². The number of aliphatic carboxylic acids is 1. The van der Waals surface area contributed by atoms with Crippen LogP contribution in [0.4, 0.5) is 4.39 Å². The van der Waals surface area contributed by atoms with Gasteiger partial charge < -0.3 is 9.67 Å². The van der Waals surface area contributed by atoms with E-state index in [4.69, 9.17) is 11.6 Å². The summed E-state index contributed by atoms with van der Waals surface area (Å²) in [4.78, 5) is 12.2. The molecule has 130 valence electrons. The lowest BCUT2D eigenvalue weighted by Gasteiger charge is -2.17. The normalized spacial score (nSPS) is 12.5. The highest BCUT2D eigenvalue weighted by atomic mass is 35.5. The lowest BCUT2D eigenvalue weighted by Crippen LogP contribution is -2.12. The Morgan fingerprint density at radius 2 is 1.96 bits per heavy atom. The number of nitrogens with zero attached hydrogens (tertiary/aromatic N) is 1. The summed E-state index contributed by atoms with van der Waals surface area (Å²) < 4.78 is 15.9. The van der Waals surface area contributed by atoms with Crippen molar-refractivity contribution in [1.29, 1.82) is 0 Å². The minimum Gasteiger partial charge on any atom is -0.481 e. The largest absolute Gasteiger partial charge is 0.481 e. The van der Waals surface area contributed by atoms with Crippen molar-refractivity contribution in [3.63, 3.8) is 0 Å². The number of thioether (sulfide) groups is 1. The summed E-state index contributed by atoms with van der Waals surface area (Å²) in [6.45, 7) is 1.71. The number of halogens is 2. The van der Waals surface area contributed by atoms with Gasteiger partial charge in [-0.05, 0) is 36.4 Å². The number of rotatable bonds is 5. The highest BCUT2D eigenvalue weighted by Gasteiger charge is 2.25. The molecule has 2 aromatic carbocycles. The minimum absolute atomic E-state index is 0.179. The van der Waals surface area contributed by atoms with Gasteiger partial charge in [-0.2, -0.15) is 0 Å². The van der Waals surface area contributed by atoms with Crippen molar-refractivity contribution in [2.24, 2.45) is 0 Å². The van der Waals surface area contributed by atoms with Crippen LogP contribution in [0.1, 0.15) is 22.3 Å². The smallest absolute Gasteiger partial charge is 0.309 e. The van der Waals surface area contributed by atoms with Gasteiger partial charge in [-0.1, -0.05) is 41.9 Å². The van der Waals surface area contributed by atoms with Crippen molar-refractivity contribution in [3.8, 4) is 0 Å². The van der Waals surface area contributed by atoms with Gasteiger partial charge in [-0.25, -0.2) is 4.39 Å². The van der Waals surface area contributed by atoms with Crippen molar-refractivity contribution in [3.05, 3.63) is 65.1 Å². The fraction of sp³-hybridized carbons (Fsp3) is 0.211. The lowest BCUT2D eigenvalue weighted by molar-refractivity contribution is -0.136. The van der Waals surface area contributed by atoms with Crippen LogP contribution < -0.4 is 0 Å². The fourth-order valence-electron chi connectivity index (χ4n) is 3.11. The van der Waals surface area contributed by atoms with E-state index in [-0.39, 0.29) is 12.2 Å². The molecule has 3 nitrogen and oxygen atoms in total. The van der Waals surface area contributed by atoms with Crippen LogP contribution in [0.2, 0.25) is 0 Å². The van der Waals surface area contributed by atoms with Crippen LogP contribution in [0.5, 0.6) is 0 Å². The van der Waals surface area contributed by atoms with E-state index in [0.29, 0.717) is 11.3 Å². The lowest BCUT2D eigenvalue weighted by atomic mass is 10.1. The molecule has 0 spiro atoms. The van der Waals surface area contributed by atoms with Crippen molar-refractivity contribution in [1.82, 2.24) is 4.57 Å². The second-order valence-electron chi connectivity index (χ2n) is 5.73. The third-order valence-corrected chi connectivity index (χ3v) is 5.54. The first-order valence-electron chi connectivity index (χ1n) is 7.72. The summed E-state index contributed by atoms with van der Waals surface area (Å²) in [5.41, 5.74) is 2.10. The first kappa shape index (κ1) is 17.8. The molecule has 0 bridgehead atoms. The Kier molecular flexibility index (Phi) is 5.06. The number of alkyl halides is 1. The molecule has 0 saturated carbocycles. The van der Waals surface area contributed by atoms with Gasteiger partial charge in [-0.3, -0.25) is 4.79 Å². The number of hydrogen-bond acceptors (Lipinski definition) is 2. The van der Waals surface area contributed by atoms with Crippen molar-refractivity contribution >= 4 is 40.2 Å². The maximum absolute atomic E-state index is 14.1. The monoisotopic (exact) mass is 377 g/mol. The average molecular weight is 378 g/mol. The van der Waals surface area contributed by atoms with E-state index in [2.05, 4.69) is 0 Å². The molecule has 1 heterocycles. The summed E-state index contributed by atoms with van der Waals surface area (Å²) in [6, 6.07) is 12.5. The minimum atomic E-state index is -0.950. The molecule has 0 radical (unpaired) electrons. The number of fused-ring (bicyclic) bond motifs is 1. The maximum Gasteiger partial charge on any atom is 0.309 e. The molecule has 1 N–H and O–H groups in total. The summed E-state index contributed by atoms with van der Waals surface area (Å²) in [7, 11) is 0. The highest BCUT2D eigenvalue weighted by molar-refractivity contribution is 7.98. The Balaban J connectivity index is 2.36. The van der Waals surface area contributed by atoms with E-state index >= 15 is 0 Å². The molecule has 0 fully saturated rings. The summed E-state index contributed by atoms with van der Waals surface area (Å²) in [5.74, 6) is -1.26. The Morgan fingerprint density at radius 3 is 2.56 bits per heavy atom. The molecule has 25 heavy (non-hydrogen) atoms. The Labute approximate surface area is 154 Å². The Bertz CT molecular complexity index is 940. The van der Waals surface area contributed by atoms with Crippen LogP contribution in [0.25, 0.3) is 10.9 Å². The number of carboxylic acids is 1. The Morgan fingerprint density at radius 1 is 1.28 bits per heavy atom. The second kappa shape index (κ2) is 7.10. The van der Waals surface area contributed by atoms with E-state index < -0.39 is 11.5 Å². The van der Waals surface area contributed by atoms with E-state index in [0.717, 1.165) is 21.4 Å². The number of aromatic nitrogens is 1.